The third-order valence-electron chi connectivity index (χ3n) is 6.60. The lowest BCUT2D eigenvalue weighted by atomic mass is 10.0. The third kappa shape index (κ3) is 6.21. The molecule has 2 atom stereocenters. The average molecular weight is 539 g/mol. The molecule has 8 nitrogen and oxygen atoms in total. The van der Waals surface area contributed by atoms with Crippen LogP contribution in [0.2, 0.25) is 0 Å². The van der Waals surface area contributed by atoms with Crippen LogP contribution in [-0.4, -0.2) is 58.0 Å². The van der Waals surface area contributed by atoms with E-state index in [1.807, 2.05) is 31.2 Å². The summed E-state index contributed by atoms with van der Waals surface area (Å²) in [7, 11) is 0. The molecule has 11 heteroatoms. The largest absolute Gasteiger partial charge is 0.437 e. The Labute approximate surface area is 223 Å². The Kier molecular flexibility index (Phi) is 7.80. The van der Waals surface area contributed by atoms with Crippen molar-refractivity contribution in [3.63, 3.8) is 0 Å². The highest BCUT2D eigenvalue weighted by Gasteiger charge is 2.37. The van der Waals surface area contributed by atoms with Crippen LogP contribution in [0.15, 0.2) is 60.9 Å². The number of aryl methyl sites for hydroxylation is 1. The standard InChI is InChI=1S/C28H29F3N6O2/c1-17-9-10-19-20(6-2-8-22(19)35-16-24(38)28(29,30)31)25(17)39-26-21(7-4-13-33-26)23-11-14-34-27(37-23)36-18-5-3-12-32-15-18/h2,4,6-11,13-14,18,24,32,35,38H,3,5,12,15-16H2,1H3,(H,34,36,37)/t18-,24?/m0/s1. The first-order valence-electron chi connectivity index (χ1n) is 12.7. The van der Waals surface area contributed by atoms with E-state index < -0.39 is 18.8 Å². The van der Waals surface area contributed by atoms with Gasteiger partial charge >= 0.3 is 6.18 Å². The second kappa shape index (κ2) is 11.4. The highest BCUT2D eigenvalue weighted by Crippen LogP contribution is 2.38. The highest BCUT2D eigenvalue weighted by molar-refractivity contribution is 5.98. The summed E-state index contributed by atoms with van der Waals surface area (Å²) >= 11 is 0. The zero-order valence-corrected chi connectivity index (χ0v) is 21.3. The molecule has 1 saturated heterocycles. The van der Waals surface area contributed by atoms with E-state index in [4.69, 9.17) is 9.72 Å². The van der Waals surface area contributed by atoms with E-state index >= 15 is 0 Å². The molecule has 2 aromatic carbocycles. The third-order valence-corrected chi connectivity index (χ3v) is 6.60. The van der Waals surface area contributed by atoms with Gasteiger partial charge in [0.1, 0.15) is 5.75 Å². The summed E-state index contributed by atoms with van der Waals surface area (Å²) < 4.78 is 44.8. The minimum atomic E-state index is -4.71. The number of nitrogens with one attached hydrogen (secondary N) is 3. The molecule has 1 aliphatic heterocycles. The number of anilines is 2. The fourth-order valence-corrected chi connectivity index (χ4v) is 4.55. The molecule has 0 radical (unpaired) electrons. The highest BCUT2D eigenvalue weighted by atomic mass is 19.4. The van der Waals surface area contributed by atoms with Crippen molar-refractivity contribution < 1.29 is 23.0 Å². The molecule has 2 aromatic heterocycles. The Hall–Kier alpha value is -3.96. The van der Waals surface area contributed by atoms with Gasteiger partial charge in [-0.2, -0.15) is 13.2 Å². The van der Waals surface area contributed by atoms with Gasteiger partial charge in [0.25, 0.3) is 0 Å². The Morgan fingerprint density at radius 3 is 2.74 bits per heavy atom. The molecule has 4 N–H and O–H groups in total. The van der Waals surface area contributed by atoms with Crippen LogP contribution in [0.4, 0.5) is 24.8 Å². The van der Waals surface area contributed by atoms with Crippen LogP contribution < -0.4 is 20.7 Å². The maximum Gasteiger partial charge on any atom is 0.416 e. The fraction of sp³-hybridized carbons (Fsp3) is 0.321. The number of ether oxygens (including phenoxy) is 1. The van der Waals surface area contributed by atoms with Crippen molar-refractivity contribution in [1.29, 1.82) is 0 Å². The van der Waals surface area contributed by atoms with Gasteiger partial charge in [-0.15, -0.1) is 0 Å². The molecule has 1 fully saturated rings. The van der Waals surface area contributed by atoms with Gasteiger partial charge in [0.15, 0.2) is 6.10 Å². The monoisotopic (exact) mass is 538 g/mol. The van der Waals surface area contributed by atoms with Gasteiger partial charge in [0.2, 0.25) is 11.8 Å². The summed E-state index contributed by atoms with van der Waals surface area (Å²) in [6, 6.07) is 14.5. The van der Waals surface area contributed by atoms with E-state index in [0.717, 1.165) is 31.5 Å². The second-order valence-corrected chi connectivity index (χ2v) is 9.46. The molecule has 39 heavy (non-hydrogen) atoms. The lowest BCUT2D eigenvalue weighted by molar-refractivity contribution is -0.198. The summed E-state index contributed by atoms with van der Waals surface area (Å²) in [4.78, 5) is 13.5. The normalized spacial score (nSPS) is 16.6. The number of alkyl halides is 3. The van der Waals surface area contributed by atoms with Crippen LogP contribution in [-0.2, 0) is 0 Å². The number of halogens is 3. The minimum Gasteiger partial charge on any atom is -0.437 e. The number of fused-ring (bicyclic) bond motifs is 1. The topological polar surface area (TPSA) is 104 Å². The first kappa shape index (κ1) is 26.6. The van der Waals surface area contributed by atoms with Gasteiger partial charge in [0.05, 0.1) is 11.3 Å². The van der Waals surface area contributed by atoms with Crippen molar-refractivity contribution in [3.05, 3.63) is 66.5 Å². The van der Waals surface area contributed by atoms with Gasteiger partial charge in [0, 0.05) is 48.0 Å². The number of piperidine rings is 1. The molecule has 1 aliphatic rings. The van der Waals surface area contributed by atoms with Crippen molar-refractivity contribution in [1.82, 2.24) is 20.3 Å². The smallest absolute Gasteiger partial charge is 0.416 e. The molecule has 4 aromatic rings. The van der Waals surface area contributed by atoms with Crippen molar-refractivity contribution >= 4 is 22.4 Å². The van der Waals surface area contributed by atoms with Crippen LogP contribution in [0.25, 0.3) is 22.0 Å². The number of benzene rings is 2. The Morgan fingerprint density at radius 2 is 1.95 bits per heavy atom. The van der Waals surface area contributed by atoms with Gasteiger partial charge < -0.3 is 25.8 Å². The van der Waals surface area contributed by atoms with Crippen molar-refractivity contribution in [3.8, 4) is 22.9 Å². The molecule has 0 saturated carbocycles. The van der Waals surface area contributed by atoms with Crippen LogP contribution in [0.5, 0.6) is 11.6 Å². The van der Waals surface area contributed by atoms with E-state index in [0.29, 0.717) is 45.3 Å². The molecule has 0 bridgehead atoms. The summed E-state index contributed by atoms with van der Waals surface area (Å²) in [6.07, 6.45) is -1.75. The number of nitrogens with zero attached hydrogens (tertiary/aromatic N) is 3. The SMILES string of the molecule is Cc1ccc2c(NCC(O)C(F)(F)F)cccc2c1Oc1ncccc1-c1ccnc(N[C@H]2CCCNC2)n1. The van der Waals surface area contributed by atoms with Crippen LogP contribution in [0.3, 0.4) is 0 Å². The number of aromatic nitrogens is 3. The van der Waals surface area contributed by atoms with E-state index in [2.05, 4.69) is 25.9 Å². The van der Waals surface area contributed by atoms with E-state index in [9.17, 15) is 18.3 Å². The number of pyridine rings is 1. The zero-order valence-electron chi connectivity index (χ0n) is 21.3. The average Bonchev–Trinajstić information content (AvgIpc) is 2.93. The van der Waals surface area contributed by atoms with E-state index in [1.165, 1.54) is 0 Å². The maximum absolute atomic E-state index is 12.8. The van der Waals surface area contributed by atoms with Gasteiger partial charge in [-0.05, 0) is 56.1 Å². The summed E-state index contributed by atoms with van der Waals surface area (Å²) in [5, 5.41) is 20.2. The number of rotatable bonds is 8. The lowest BCUT2D eigenvalue weighted by Crippen LogP contribution is -2.38. The van der Waals surface area contributed by atoms with Crippen molar-refractivity contribution in [2.45, 2.75) is 38.1 Å². The molecule has 3 heterocycles. The minimum absolute atomic E-state index is 0.247. The Morgan fingerprint density at radius 1 is 1.08 bits per heavy atom. The van der Waals surface area contributed by atoms with Crippen LogP contribution in [0.1, 0.15) is 18.4 Å². The van der Waals surface area contributed by atoms with Crippen molar-refractivity contribution in [2.24, 2.45) is 0 Å². The first-order chi connectivity index (χ1) is 18.8. The molecule has 5 rings (SSSR count). The van der Waals surface area contributed by atoms with E-state index in [-0.39, 0.29) is 6.04 Å². The number of hydrogen-bond donors (Lipinski definition) is 4. The Balaban J connectivity index is 1.44. The predicted octanol–water partition coefficient (Wildman–Crippen LogP) is 5.29. The molecular weight excluding hydrogens is 509 g/mol. The van der Waals surface area contributed by atoms with Gasteiger partial charge in [-0.25, -0.2) is 15.0 Å². The molecule has 204 valence electrons. The maximum atomic E-state index is 12.8. The van der Waals surface area contributed by atoms with Crippen LogP contribution in [0, 0.1) is 6.92 Å². The fourth-order valence-electron chi connectivity index (χ4n) is 4.55. The molecule has 0 amide bonds. The summed E-state index contributed by atoms with van der Waals surface area (Å²) in [5.41, 5.74) is 2.58. The molecule has 0 spiro atoms. The summed E-state index contributed by atoms with van der Waals surface area (Å²) in [6.45, 7) is 3.07. The number of hydrogen-bond acceptors (Lipinski definition) is 8. The molecule has 1 unspecified atom stereocenters. The summed E-state index contributed by atoms with van der Waals surface area (Å²) in [5.74, 6) is 1.38. The zero-order chi connectivity index (χ0) is 27.4. The van der Waals surface area contributed by atoms with Crippen LogP contribution >= 0.6 is 0 Å². The Bertz CT molecular complexity index is 1440. The van der Waals surface area contributed by atoms with Gasteiger partial charge in [-0.1, -0.05) is 24.3 Å². The molecule has 0 aliphatic carbocycles. The quantitative estimate of drug-likeness (QED) is 0.240. The number of aliphatic hydroxyl groups is 1. The first-order valence-corrected chi connectivity index (χ1v) is 12.7. The van der Waals surface area contributed by atoms with Crippen molar-refractivity contribution in [2.75, 3.05) is 30.3 Å². The van der Waals surface area contributed by atoms with E-state index in [1.54, 1.807) is 36.7 Å². The van der Waals surface area contributed by atoms with Gasteiger partial charge in [-0.3, -0.25) is 0 Å². The number of aliphatic hydroxyl groups excluding tert-OH is 1. The molecular formula is C28H29F3N6O2. The predicted molar refractivity (Wildman–Crippen MR) is 144 cm³/mol. The second-order valence-electron chi connectivity index (χ2n) is 9.46. The lowest BCUT2D eigenvalue weighted by Gasteiger charge is -2.23.